The first-order chi connectivity index (χ1) is 33.5. The summed E-state index contributed by atoms with van der Waals surface area (Å²) in [7, 11) is 0. The average Bonchev–Trinajstić information content (AvgIpc) is 3.34. The molecular formula is C62H125NO5. The predicted molar refractivity (Wildman–Crippen MR) is 298 cm³/mol. The molecule has 68 heavy (non-hydrogen) atoms. The molecule has 0 aliphatic rings. The van der Waals surface area contributed by atoms with Crippen LogP contribution in [-0.2, 0) is 4.79 Å². The minimum Gasteiger partial charge on any atom is -0.395 e. The number of hydrogen-bond acceptors (Lipinski definition) is 5. The Bertz CT molecular complexity index is 948. The molecule has 0 bridgehead atoms. The molecule has 4 N–H and O–H groups in total. The lowest BCUT2D eigenvalue weighted by Crippen LogP contribution is -2.47. The fourth-order valence-electron chi connectivity index (χ4n) is 10.4. The van der Waals surface area contributed by atoms with Gasteiger partial charge in [-0.25, -0.2) is 0 Å². The summed E-state index contributed by atoms with van der Waals surface area (Å²) in [6, 6.07) is 0. The van der Waals surface area contributed by atoms with Crippen molar-refractivity contribution in [2.75, 3.05) is 19.7 Å². The normalized spacial score (nSPS) is 13.1. The van der Waals surface area contributed by atoms with Crippen molar-refractivity contribution in [3.63, 3.8) is 0 Å². The Morgan fingerprint density at radius 3 is 0.735 bits per heavy atom. The smallest absolute Gasteiger partial charge is 0.251 e. The van der Waals surface area contributed by atoms with Crippen LogP contribution in [0.3, 0.4) is 0 Å². The van der Waals surface area contributed by atoms with Crippen molar-refractivity contribution >= 4 is 5.91 Å². The number of carbonyl (C=O) groups excluding carboxylic acids is 1. The number of nitrogens with zero attached hydrogens (tertiary/aromatic N) is 1. The molecule has 0 radical (unpaired) electrons. The van der Waals surface area contributed by atoms with Crippen LogP contribution >= 0.6 is 0 Å². The van der Waals surface area contributed by atoms with Crippen molar-refractivity contribution in [3.05, 3.63) is 0 Å². The van der Waals surface area contributed by atoms with Gasteiger partial charge in [-0.1, -0.05) is 341 Å². The fraction of sp³-hybridized carbons (Fsp3) is 0.984. The molecule has 0 aliphatic heterocycles. The van der Waals surface area contributed by atoms with Gasteiger partial charge < -0.3 is 25.3 Å². The van der Waals surface area contributed by atoms with Crippen molar-refractivity contribution in [1.29, 1.82) is 0 Å². The Hall–Kier alpha value is -0.690. The predicted octanol–water partition coefficient (Wildman–Crippen LogP) is 18.6. The molecule has 0 aromatic carbocycles. The van der Waals surface area contributed by atoms with E-state index in [9.17, 15) is 25.2 Å². The maximum atomic E-state index is 13.0. The zero-order valence-electron chi connectivity index (χ0n) is 46.5. The summed E-state index contributed by atoms with van der Waals surface area (Å²) in [5, 5.41) is 41.5. The zero-order chi connectivity index (χ0) is 49.5. The molecule has 0 aromatic rings. The van der Waals surface area contributed by atoms with E-state index in [0.717, 1.165) is 38.5 Å². The first-order valence-corrected chi connectivity index (χ1v) is 31.4. The van der Waals surface area contributed by atoms with Crippen molar-refractivity contribution in [2.24, 2.45) is 0 Å². The Morgan fingerprint density at radius 1 is 0.309 bits per heavy atom. The second-order valence-corrected chi connectivity index (χ2v) is 22.1. The van der Waals surface area contributed by atoms with Gasteiger partial charge >= 0.3 is 0 Å². The first kappa shape index (κ1) is 67.3. The molecule has 0 heterocycles. The highest BCUT2D eigenvalue weighted by Crippen LogP contribution is 2.20. The van der Waals surface area contributed by atoms with Gasteiger partial charge in [0.2, 0.25) is 0 Å². The molecule has 0 fully saturated rings. The highest BCUT2D eigenvalue weighted by molar-refractivity contribution is 5.80. The Morgan fingerprint density at radius 2 is 0.515 bits per heavy atom. The van der Waals surface area contributed by atoms with Gasteiger partial charge in [-0.2, -0.15) is 0 Å². The number of carbonyl (C=O) groups is 1. The third-order valence-corrected chi connectivity index (χ3v) is 15.3. The van der Waals surface area contributed by atoms with Gasteiger partial charge in [0, 0.05) is 13.1 Å². The summed E-state index contributed by atoms with van der Waals surface area (Å²) in [6.45, 7) is 4.35. The number of rotatable bonds is 59. The van der Waals surface area contributed by atoms with E-state index in [2.05, 4.69) is 13.8 Å². The highest BCUT2D eigenvalue weighted by Gasteiger charge is 2.26. The summed E-state index contributed by atoms with van der Waals surface area (Å²) in [4.78, 5) is 14.3. The third-order valence-electron chi connectivity index (χ3n) is 15.3. The molecule has 0 saturated heterocycles. The quantitative estimate of drug-likeness (QED) is 0.0455. The summed E-state index contributed by atoms with van der Waals surface area (Å²) in [6.07, 6.45) is 66.9. The summed E-state index contributed by atoms with van der Waals surface area (Å²) >= 11 is 0. The van der Waals surface area contributed by atoms with Crippen LogP contribution in [0.4, 0.5) is 0 Å². The number of aliphatic hydroxyl groups excluding tert-OH is 4. The van der Waals surface area contributed by atoms with Gasteiger partial charge in [0.05, 0.1) is 18.8 Å². The minimum absolute atomic E-state index is 0.0542. The molecule has 0 aliphatic carbocycles. The lowest BCUT2D eigenvalue weighted by atomic mass is 10.0. The van der Waals surface area contributed by atoms with Crippen LogP contribution in [0, 0.1) is 0 Å². The van der Waals surface area contributed by atoms with E-state index in [1.165, 1.54) is 294 Å². The van der Waals surface area contributed by atoms with Crippen LogP contribution in [-0.4, -0.2) is 69.2 Å². The van der Waals surface area contributed by atoms with Crippen LogP contribution < -0.4 is 0 Å². The van der Waals surface area contributed by atoms with E-state index in [-0.39, 0.29) is 19.7 Å². The largest absolute Gasteiger partial charge is 0.395 e. The van der Waals surface area contributed by atoms with Gasteiger partial charge in [-0.15, -0.1) is 0 Å². The number of unbranched alkanes of at least 4 members (excludes halogenated alkanes) is 49. The molecule has 3 unspecified atom stereocenters. The highest BCUT2D eigenvalue weighted by atomic mass is 16.3. The zero-order valence-corrected chi connectivity index (χ0v) is 46.5. The van der Waals surface area contributed by atoms with Crippen LogP contribution in [0.1, 0.15) is 354 Å². The van der Waals surface area contributed by atoms with Gasteiger partial charge in [-0.3, -0.25) is 4.79 Å². The van der Waals surface area contributed by atoms with Gasteiger partial charge in [0.25, 0.3) is 5.91 Å². The summed E-state index contributed by atoms with van der Waals surface area (Å²) in [5.41, 5.74) is 0. The summed E-state index contributed by atoms with van der Waals surface area (Å²) in [5.74, 6) is -0.450. The van der Waals surface area contributed by atoms with Crippen LogP contribution in [0.2, 0.25) is 0 Å². The van der Waals surface area contributed by atoms with Crippen molar-refractivity contribution < 1.29 is 25.2 Å². The van der Waals surface area contributed by atoms with E-state index in [0.29, 0.717) is 12.8 Å². The lowest BCUT2D eigenvalue weighted by molar-refractivity contribution is -0.143. The van der Waals surface area contributed by atoms with Gasteiger partial charge in [0.15, 0.2) is 0 Å². The molecular weight excluding hydrogens is 839 g/mol. The molecule has 0 spiro atoms. The molecule has 3 atom stereocenters. The van der Waals surface area contributed by atoms with E-state index in [1.807, 2.05) is 0 Å². The molecule has 408 valence electrons. The number of aliphatic hydroxyl groups is 4. The standard InChI is InChI=1S/C62H125NO5/c1-3-5-7-9-11-13-15-17-19-21-23-25-26-27-28-29-30-31-32-33-35-36-38-40-42-44-46-48-50-52-54-59(65)61(67)58-63(56-57-64)62(68)60(66)55-53-51-49-47-45-43-41-39-37-34-24-22-20-18-16-14-12-10-8-6-4-2/h59-61,64-67H,3-58H2,1-2H3. The third kappa shape index (κ3) is 50.3. The first-order valence-electron chi connectivity index (χ1n) is 31.4. The van der Waals surface area contributed by atoms with Crippen LogP contribution in [0.25, 0.3) is 0 Å². The summed E-state index contributed by atoms with van der Waals surface area (Å²) < 4.78 is 0. The van der Waals surface area contributed by atoms with Gasteiger partial charge in [0.1, 0.15) is 6.10 Å². The molecule has 0 saturated carbocycles. The Kier molecular flexibility index (Phi) is 56.6. The van der Waals surface area contributed by atoms with Crippen LogP contribution in [0.5, 0.6) is 0 Å². The van der Waals surface area contributed by atoms with Gasteiger partial charge in [-0.05, 0) is 12.8 Å². The molecule has 6 nitrogen and oxygen atoms in total. The maximum absolute atomic E-state index is 13.0. The topological polar surface area (TPSA) is 101 Å². The van der Waals surface area contributed by atoms with Crippen molar-refractivity contribution in [2.45, 2.75) is 372 Å². The fourth-order valence-corrected chi connectivity index (χ4v) is 10.4. The second kappa shape index (κ2) is 57.2. The minimum atomic E-state index is -1.13. The van der Waals surface area contributed by atoms with Crippen molar-refractivity contribution in [3.8, 4) is 0 Å². The Labute approximate surface area is 426 Å². The second-order valence-electron chi connectivity index (χ2n) is 22.1. The monoisotopic (exact) mass is 964 g/mol. The SMILES string of the molecule is CCCCCCCCCCCCCCCCCCCCCCCCCCCCCCCCC(O)C(O)CN(CCO)C(=O)C(O)CCCCCCCCCCCCCCCCCCCCCCC. The van der Waals surface area contributed by atoms with E-state index < -0.39 is 24.2 Å². The average molecular weight is 965 g/mol. The van der Waals surface area contributed by atoms with Crippen LogP contribution in [0.15, 0.2) is 0 Å². The molecule has 1 amide bonds. The van der Waals surface area contributed by atoms with Crippen molar-refractivity contribution in [1.82, 2.24) is 4.90 Å². The molecule has 6 heteroatoms. The number of amides is 1. The molecule has 0 rings (SSSR count). The Balaban J connectivity index is 3.61. The van der Waals surface area contributed by atoms with E-state index in [4.69, 9.17) is 0 Å². The van der Waals surface area contributed by atoms with E-state index >= 15 is 0 Å². The molecule has 0 aromatic heterocycles. The number of hydrogen-bond donors (Lipinski definition) is 4. The maximum Gasteiger partial charge on any atom is 0.251 e. The lowest BCUT2D eigenvalue weighted by Gasteiger charge is -2.28. The van der Waals surface area contributed by atoms with E-state index in [1.54, 1.807) is 0 Å².